The van der Waals surface area contributed by atoms with Crippen LogP contribution in [-0.4, -0.2) is 73.9 Å². The van der Waals surface area contributed by atoms with Crippen LogP contribution in [0.2, 0.25) is 0 Å². The number of carbonyl (C=O) groups is 2. The Morgan fingerprint density at radius 3 is 2.71 bits per heavy atom. The predicted octanol–water partition coefficient (Wildman–Crippen LogP) is 0.978. The molecule has 0 saturated carbocycles. The van der Waals surface area contributed by atoms with Crippen molar-refractivity contribution in [1.82, 2.24) is 20.2 Å². The molecule has 2 aromatic heterocycles. The Balaban J connectivity index is 0.00000225. The first-order valence-corrected chi connectivity index (χ1v) is 10.3. The van der Waals surface area contributed by atoms with E-state index in [0.29, 0.717) is 45.0 Å². The van der Waals surface area contributed by atoms with Gasteiger partial charge in [0.25, 0.3) is 0 Å². The number of hydrogen-bond acceptors (Lipinski definition) is 7. The van der Waals surface area contributed by atoms with Crippen molar-refractivity contribution in [3.8, 4) is 0 Å². The number of aromatic nitrogens is 2. The van der Waals surface area contributed by atoms with Crippen LogP contribution in [0, 0.1) is 6.92 Å². The summed E-state index contributed by atoms with van der Waals surface area (Å²) in [5.74, 6) is 1.58. The van der Waals surface area contributed by atoms with Crippen LogP contribution in [0.5, 0.6) is 0 Å². The first-order chi connectivity index (χ1) is 13.1. The molecule has 8 nitrogen and oxygen atoms in total. The monoisotopic (exact) mass is 399 g/mol. The van der Waals surface area contributed by atoms with E-state index in [0.717, 1.165) is 22.6 Å². The molecule has 4 heterocycles. The molecule has 0 spiro atoms. The molecule has 0 aliphatic carbocycles. The maximum Gasteiger partial charge on any atom is 0.245 e. The van der Waals surface area contributed by atoms with E-state index in [1.807, 2.05) is 4.90 Å². The Labute approximate surface area is 170 Å². The van der Waals surface area contributed by atoms with Crippen molar-refractivity contribution in [1.29, 1.82) is 0 Å². The normalized spacial score (nSPS) is 19.5. The van der Waals surface area contributed by atoms with Crippen molar-refractivity contribution in [2.45, 2.75) is 32.7 Å². The number of hydrogen-bond donors (Lipinski definition) is 2. The summed E-state index contributed by atoms with van der Waals surface area (Å²) in [5.41, 5.74) is 1.19. The lowest BCUT2D eigenvalue weighted by Crippen LogP contribution is -2.53. The van der Waals surface area contributed by atoms with Crippen LogP contribution in [0.3, 0.4) is 0 Å². The van der Waals surface area contributed by atoms with Crippen LogP contribution in [-0.2, 0) is 9.59 Å². The molecular formula is C18H24BN6O2S. The average molecular weight is 399 g/mol. The molecule has 2 aliphatic rings. The van der Waals surface area contributed by atoms with Gasteiger partial charge in [0.05, 0.1) is 5.39 Å². The van der Waals surface area contributed by atoms with E-state index in [9.17, 15) is 9.59 Å². The van der Waals surface area contributed by atoms with Gasteiger partial charge in [0.2, 0.25) is 17.8 Å². The molecule has 2 N–H and O–H groups in total. The highest BCUT2D eigenvalue weighted by molar-refractivity contribution is 7.17. The molecule has 2 aliphatic heterocycles. The topological polar surface area (TPSA) is 90.5 Å². The number of rotatable bonds is 4. The van der Waals surface area contributed by atoms with Gasteiger partial charge in [-0.05, 0) is 31.2 Å². The standard InChI is InChI=1S/C18H24N6O2S.B/c1-3-19-15-14-11(2)10-27-16(14)22-18(21-15)24-8-6-23(7-9-24)17(26)12-4-5-13(25)20-12;/h10,12H,3-9H2,1-2H3,(H,20,25)(H,19,21,22);/t12-;/m1./s1. The van der Waals surface area contributed by atoms with Crippen molar-refractivity contribution in [2.24, 2.45) is 0 Å². The van der Waals surface area contributed by atoms with Crippen molar-refractivity contribution in [3.05, 3.63) is 10.9 Å². The number of aryl methyl sites for hydroxylation is 1. The minimum absolute atomic E-state index is 0. The van der Waals surface area contributed by atoms with E-state index in [2.05, 4.69) is 34.8 Å². The van der Waals surface area contributed by atoms with E-state index in [1.54, 1.807) is 11.3 Å². The quantitative estimate of drug-likeness (QED) is 0.745. The number of fused-ring (bicyclic) bond motifs is 1. The molecule has 3 radical (unpaired) electrons. The van der Waals surface area contributed by atoms with E-state index < -0.39 is 0 Å². The summed E-state index contributed by atoms with van der Waals surface area (Å²) in [5, 5.41) is 9.31. The van der Waals surface area contributed by atoms with Gasteiger partial charge in [-0.2, -0.15) is 4.98 Å². The zero-order valence-electron chi connectivity index (χ0n) is 16.2. The lowest BCUT2D eigenvalue weighted by molar-refractivity contribution is -0.134. The van der Waals surface area contributed by atoms with E-state index in [1.165, 1.54) is 5.56 Å². The third kappa shape index (κ3) is 3.78. The van der Waals surface area contributed by atoms with Crippen molar-refractivity contribution in [2.75, 3.05) is 42.9 Å². The number of thiophene rings is 1. The van der Waals surface area contributed by atoms with E-state index in [-0.39, 0.29) is 26.3 Å². The number of nitrogens with zero attached hydrogens (tertiary/aromatic N) is 4. The lowest BCUT2D eigenvalue weighted by atomic mass is 10.2. The third-order valence-electron chi connectivity index (χ3n) is 5.12. The summed E-state index contributed by atoms with van der Waals surface area (Å²) < 4.78 is 0. The number of piperazine rings is 1. The lowest BCUT2D eigenvalue weighted by Gasteiger charge is -2.36. The van der Waals surface area contributed by atoms with Gasteiger partial charge in [-0.25, -0.2) is 4.98 Å². The predicted molar refractivity (Wildman–Crippen MR) is 112 cm³/mol. The van der Waals surface area contributed by atoms with Gasteiger partial charge >= 0.3 is 0 Å². The van der Waals surface area contributed by atoms with Gasteiger partial charge in [0.1, 0.15) is 16.7 Å². The van der Waals surface area contributed by atoms with Gasteiger partial charge < -0.3 is 20.4 Å². The SMILES string of the molecule is CCNc1nc(N2CCN(C(=O)[C@H]3CCC(=O)N3)CC2)nc2scc(C)c12.[B]. The molecule has 2 saturated heterocycles. The third-order valence-corrected chi connectivity index (χ3v) is 6.11. The van der Waals surface area contributed by atoms with Crippen LogP contribution >= 0.6 is 11.3 Å². The first kappa shape index (κ1) is 20.4. The Kier molecular flexibility index (Phi) is 6.07. The number of carbonyl (C=O) groups excluding carboxylic acids is 2. The minimum atomic E-state index is -0.355. The fraction of sp³-hybridized carbons (Fsp3) is 0.556. The first-order valence-electron chi connectivity index (χ1n) is 9.39. The van der Waals surface area contributed by atoms with E-state index in [4.69, 9.17) is 9.97 Å². The molecule has 28 heavy (non-hydrogen) atoms. The molecule has 4 rings (SSSR count). The van der Waals surface area contributed by atoms with E-state index >= 15 is 0 Å². The maximum atomic E-state index is 12.6. The second-order valence-electron chi connectivity index (χ2n) is 6.97. The Hall–Kier alpha value is -2.36. The molecule has 147 valence electrons. The fourth-order valence-corrected chi connectivity index (χ4v) is 4.57. The largest absolute Gasteiger partial charge is 0.370 e. The Bertz CT molecular complexity index is 880. The summed E-state index contributed by atoms with van der Waals surface area (Å²) in [6.45, 7) is 7.55. The van der Waals surface area contributed by atoms with Crippen LogP contribution in [0.25, 0.3) is 10.2 Å². The smallest absolute Gasteiger partial charge is 0.245 e. The second-order valence-corrected chi connectivity index (χ2v) is 7.83. The van der Waals surface area contributed by atoms with Crippen molar-refractivity contribution >= 4 is 53.5 Å². The molecule has 10 heteroatoms. The molecule has 2 fully saturated rings. The van der Waals surface area contributed by atoms with Crippen LogP contribution in [0.4, 0.5) is 11.8 Å². The summed E-state index contributed by atoms with van der Waals surface area (Å²) in [7, 11) is 0. The molecule has 2 aromatic rings. The molecule has 2 amide bonds. The second kappa shape index (κ2) is 8.34. The van der Waals surface area contributed by atoms with Crippen molar-refractivity contribution < 1.29 is 9.59 Å². The van der Waals surface area contributed by atoms with Gasteiger partial charge in [-0.3, -0.25) is 9.59 Å². The molecule has 1 atom stereocenters. The molecule has 0 unspecified atom stereocenters. The summed E-state index contributed by atoms with van der Waals surface area (Å²) in [4.78, 5) is 38.4. The zero-order chi connectivity index (χ0) is 19.0. The summed E-state index contributed by atoms with van der Waals surface area (Å²) in [6.07, 6.45) is 1.04. The number of anilines is 2. The summed E-state index contributed by atoms with van der Waals surface area (Å²) in [6, 6.07) is -0.355. The molecule has 0 bridgehead atoms. The zero-order valence-corrected chi connectivity index (χ0v) is 17.0. The molecule has 0 aromatic carbocycles. The van der Waals surface area contributed by atoms with Crippen LogP contribution in [0.15, 0.2) is 5.38 Å². The van der Waals surface area contributed by atoms with Crippen LogP contribution in [0.1, 0.15) is 25.3 Å². The van der Waals surface area contributed by atoms with Crippen molar-refractivity contribution in [3.63, 3.8) is 0 Å². The Morgan fingerprint density at radius 2 is 2.07 bits per heavy atom. The van der Waals surface area contributed by atoms with Gasteiger partial charge in [0.15, 0.2) is 0 Å². The number of nitrogens with one attached hydrogen (secondary N) is 2. The highest BCUT2D eigenvalue weighted by Gasteiger charge is 2.32. The minimum Gasteiger partial charge on any atom is -0.370 e. The van der Waals surface area contributed by atoms with Crippen LogP contribution < -0.4 is 15.5 Å². The Morgan fingerprint density at radius 1 is 1.32 bits per heavy atom. The number of amides is 2. The highest BCUT2D eigenvalue weighted by atomic mass is 32.1. The highest BCUT2D eigenvalue weighted by Crippen LogP contribution is 2.31. The maximum absolute atomic E-state index is 12.6. The average Bonchev–Trinajstić information content (AvgIpc) is 3.27. The fourth-order valence-electron chi connectivity index (χ4n) is 3.66. The summed E-state index contributed by atoms with van der Waals surface area (Å²) >= 11 is 1.63. The van der Waals surface area contributed by atoms with Gasteiger partial charge in [-0.1, -0.05) is 0 Å². The van der Waals surface area contributed by atoms with Gasteiger partial charge in [-0.15, -0.1) is 11.3 Å². The van der Waals surface area contributed by atoms with Gasteiger partial charge in [0, 0.05) is 47.6 Å². The molecular weight excluding hydrogens is 375 g/mol.